The number of benzene rings is 1. The molecule has 0 radical (unpaired) electrons. The zero-order valence-electron chi connectivity index (χ0n) is 8.12. The molecule has 2 rings (SSSR count). The van der Waals surface area contributed by atoms with Crippen LogP contribution in [0, 0.1) is 0 Å². The molecule has 1 aliphatic rings. The molecule has 5 nitrogen and oxygen atoms in total. The average Bonchev–Trinajstić information content (AvgIpc) is 2.55. The van der Waals surface area contributed by atoms with Crippen molar-refractivity contribution in [1.29, 1.82) is 0 Å². The summed E-state index contributed by atoms with van der Waals surface area (Å²) in [6, 6.07) is 8.97. The van der Waals surface area contributed by atoms with Gasteiger partial charge in [-0.15, -0.1) is 0 Å². The van der Waals surface area contributed by atoms with Crippen LogP contribution in [0.5, 0.6) is 0 Å². The summed E-state index contributed by atoms with van der Waals surface area (Å²) in [6.45, 7) is 0. The maximum atomic E-state index is 9.40. The van der Waals surface area contributed by atoms with E-state index in [1.165, 1.54) is 7.11 Å². The molecule has 1 heterocycles. The van der Waals surface area contributed by atoms with Crippen LogP contribution < -0.4 is 0 Å². The quantitative estimate of drug-likeness (QED) is 0.676. The number of hydrogen-bond donors (Lipinski definition) is 2. The summed E-state index contributed by atoms with van der Waals surface area (Å²) in [6.07, 6.45) is -1.19. The molecule has 0 spiro atoms. The average molecular weight is 209 g/mol. The van der Waals surface area contributed by atoms with Crippen molar-refractivity contribution in [3.63, 3.8) is 0 Å². The van der Waals surface area contributed by atoms with E-state index in [9.17, 15) is 10.2 Å². The predicted molar refractivity (Wildman–Crippen MR) is 52.0 cm³/mol. The minimum absolute atomic E-state index is 0.160. The summed E-state index contributed by atoms with van der Waals surface area (Å²) in [5, 5.41) is 18.8. The second kappa shape index (κ2) is 3.62. The number of hydrogen-bond acceptors (Lipinski definition) is 5. The van der Waals surface area contributed by atoms with Gasteiger partial charge in [0.05, 0.1) is 0 Å². The molecule has 1 aromatic rings. The normalized spacial score (nSPS) is 23.4. The number of aliphatic hydroxyl groups is 2. The van der Waals surface area contributed by atoms with Crippen molar-refractivity contribution >= 4 is 5.90 Å². The predicted octanol–water partition coefficient (Wildman–Crippen LogP) is 0.0743. The molecule has 1 aliphatic heterocycles. The highest BCUT2D eigenvalue weighted by atomic mass is 16.7. The molecule has 0 saturated carbocycles. The van der Waals surface area contributed by atoms with Gasteiger partial charge in [-0.1, -0.05) is 18.2 Å². The van der Waals surface area contributed by atoms with Gasteiger partial charge >= 0.3 is 5.91 Å². The summed E-state index contributed by atoms with van der Waals surface area (Å²) < 4.78 is 9.88. The van der Waals surface area contributed by atoms with E-state index in [0.29, 0.717) is 5.56 Å². The lowest BCUT2D eigenvalue weighted by atomic mass is 10.2. The van der Waals surface area contributed by atoms with Gasteiger partial charge in [0.15, 0.2) is 0 Å². The number of nitrogens with zero attached hydrogens (tertiary/aromatic N) is 1. The first kappa shape index (κ1) is 10.1. The molecule has 2 N–H and O–H groups in total. The Balaban J connectivity index is 2.28. The van der Waals surface area contributed by atoms with Crippen molar-refractivity contribution in [3.05, 3.63) is 35.9 Å². The van der Waals surface area contributed by atoms with Crippen LogP contribution in [-0.2, 0) is 9.47 Å². The first-order valence-electron chi connectivity index (χ1n) is 4.43. The van der Waals surface area contributed by atoms with Crippen LogP contribution in [0.2, 0.25) is 0 Å². The van der Waals surface area contributed by atoms with Gasteiger partial charge in [0.1, 0.15) is 0 Å². The minimum atomic E-state index is -2.32. The third-order valence-corrected chi connectivity index (χ3v) is 2.04. The molecule has 0 saturated heterocycles. The van der Waals surface area contributed by atoms with Gasteiger partial charge < -0.3 is 19.7 Å². The lowest BCUT2D eigenvalue weighted by Gasteiger charge is -2.17. The Hall–Kier alpha value is -1.43. The fourth-order valence-corrected chi connectivity index (χ4v) is 1.33. The van der Waals surface area contributed by atoms with Crippen molar-refractivity contribution in [3.8, 4) is 0 Å². The van der Waals surface area contributed by atoms with Crippen molar-refractivity contribution in [2.24, 2.45) is 4.99 Å². The Bertz CT molecular complexity index is 374. The Kier molecular flexibility index (Phi) is 2.44. The largest absolute Gasteiger partial charge is 0.439 e. The lowest BCUT2D eigenvalue weighted by Crippen LogP contribution is -2.38. The standard InChI is InChI=1S/C10H11NO4/c1-14-9-10(12,13)11-8(15-9)7-5-3-2-4-6-7/h2-6,9,12-13H,1H3. The topological polar surface area (TPSA) is 71.3 Å². The number of aliphatic imine (C=N–C) groups is 1. The van der Waals surface area contributed by atoms with E-state index in [4.69, 9.17) is 9.47 Å². The SMILES string of the molecule is COC1OC(c2ccccc2)=NC1(O)O. The first-order valence-corrected chi connectivity index (χ1v) is 4.43. The van der Waals surface area contributed by atoms with Crippen LogP contribution in [0.4, 0.5) is 0 Å². The maximum absolute atomic E-state index is 9.40. The lowest BCUT2D eigenvalue weighted by molar-refractivity contribution is -0.269. The fraction of sp³-hybridized carbons (Fsp3) is 0.300. The zero-order chi connectivity index (χ0) is 10.9. The second-order valence-corrected chi connectivity index (χ2v) is 3.16. The molecule has 0 amide bonds. The van der Waals surface area contributed by atoms with Gasteiger partial charge in [0.25, 0.3) is 6.29 Å². The van der Waals surface area contributed by atoms with Crippen LogP contribution in [0.3, 0.4) is 0 Å². The van der Waals surface area contributed by atoms with Gasteiger partial charge in [-0.3, -0.25) is 0 Å². The van der Waals surface area contributed by atoms with E-state index in [1.54, 1.807) is 24.3 Å². The Morgan fingerprint density at radius 3 is 2.53 bits per heavy atom. The zero-order valence-corrected chi connectivity index (χ0v) is 8.12. The highest BCUT2D eigenvalue weighted by molar-refractivity contribution is 5.95. The summed E-state index contributed by atoms with van der Waals surface area (Å²) in [4.78, 5) is 3.62. The van der Waals surface area contributed by atoms with Gasteiger partial charge in [-0.2, -0.15) is 4.99 Å². The first-order chi connectivity index (χ1) is 7.13. The maximum Gasteiger partial charge on any atom is 0.333 e. The smallest absolute Gasteiger partial charge is 0.333 e. The van der Waals surface area contributed by atoms with Crippen LogP contribution in [0.25, 0.3) is 0 Å². The number of methoxy groups -OCH3 is 1. The number of rotatable bonds is 2. The molecule has 0 aromatic heterocycles. The van der Waals surface area contributed by atoms with Crippen molar-refractivity contribution in [1.82, 2.24) is 0 Å². The molecule has 0 fully saturated rings. The van der Waals surface area contributed by atoms with Gasteiger partial charge in [0.2, 0.25) is 5.90 Å². The molecular weight excluding hydrogens is 198 g/mol. The number of ether oxygens (including phenoxy) is 2. The van der Waals surface area contributed by atoms with E-state index in [2.05, 4.69) is 4.99 Å². The molecule has 1 unspecified atom stereocenters. The molecule has 1 aromatic carbocycles. The van der Waals surface area contributed by atoms with E-state index in [1.807, 2.05) is 6.07 Å². The molecule has 0 bridgehead atoms. The van der Waals surface area contributed by atoms with E-state index in [0.717, 1.165) is 0 Å². The van der Waals surface area contributed by atoms with Crippen LogP contribution in [0.15, 0.2) is 35.3 Å². The van der Waals surface area contributed by atoms with Crippen molar-refractivity contribution in [2.75, 3.05) is 7.11 Å². The molecule has 1 atom stereocenters. The fourth-order valence-electron chi connectivity index (χ4n) is 1.33. The Morgan fingerprint density at radius 2 is 2.00 bits per heavy atom. The third kappa shape index (κ3) is 1.85. The third-order valence-electron chi connectivity index (χ3n) is 2.04. The van der Waals surface area contributed by atoms with E-state index >= 15 is 0 Å². The Morgan fingerprint density at radius 1 is 1.33 bits per heavy atom. The highest BCUT2D eigenvalue weighted by Crippen LogP contribution is 2.23. The molecule has 15 heavy (non-hydrogen) atoms. The Labute approximate surface area is 86.6 Å². The van der Waals surface area contributed by atoms with Crippen LogP contribution >= 0.6 is 0 Å². The summed E-state index contributed by atoms with van der Waals surface area (Å²) in [5.41, 5.74) is 0.671. The summed E-state index contributed by atoms with van der Waals surface area (Å²) in [7, 11) is 1.31. The summed E-state index contributed by atoms with van der Waals surface area (Å²) >= 11 is 0. The van der Waals surface area contributed by atoms with Crippen LogP contribution in [-0.4, -0.2) is 35.4 Å². The monoisotopic (exact) mass is 209 g/mol. The van der Waals surface area contributed by atoms with Gasteiger partial charge in [-0.25, -0.2) is 0 Å². The second-order valence-electron chi connectivity index (χ2n) is 3.16. The van der Waals surface area contributed by atoms with E-state index < -0.39 is 12.2 Å². The molecule has 5 heteroatoms. The summed E-state index contributed by atoms with van der Waals surface area (Å²) in [5.74, 6) is -2.16. The molecular formula is C10H11NO4. The van der Waals surface area contributed by atoms with Gasteiger partial charge in [-0.05, 0) is 12.1 Å². The van der Waals surface area contributed by atoms with Crippen molar-refractivity contribution in [2.45, 2.75) is 12.2 Å². The van der Waals surface area contributed by atoms with Crippen LogP contribution in [0.1, 0.15) is 5.56 Å². The molecule has 80 valence electrons. The van der Waals surface area contributed by atoms with Gasteiger partial charge in [0, 0.05) is 12.7 Å². The highest BCUT2D eigenvalue weighted by Gasteiger charge is 2.44. The van der Waals surface area contributed by atoms with E-state index in [-0.39, 0.29) is 5.90 Å². The molecule has 0 aliphatic carbocycles. The van der Waals surface area contributed by atoms with Crippen molar-refractivity contribution < 1.29 is 19.7 Å². The minimum Gasteiger partial charge on any atom is -0.439 e.